The second-order valence-electron chi connectivity index (χ2n) is 4.39. The minimum absolute atomic E-state index is 0.254. The van der Waals surface area contributed by atoms with E-state index >= 15 is 0 Å². The summed E-state index contributed by atoms with van der Waals surface area (Å²) in [6, 6.07) is 0. The lowest BCUT2D eigenvalue weighted by Crippen LogP contribution is -2.28. The van der Waals surface area contributed by atoms with Crippen molar-refractivity contribution in [3.05, 3.63) is 0 Å². The van der Waals surface area contributed by atoms with Gasteiger partial charge in [0, 0.05) is 38.7 Å². The van der Waals surface area contributed by atoms with Gasteiger partial charge in [-0.1, -0.05) is 13.8 Å². The van der Waals surface area contributed by atoms with Crippen LogP contribution in [-0.4, -0.2) is 42.8 Å². The Hall–Kier alpha value is -0.120. The maximum atomic E-state index is 9.13. The van der Waals surface area contributed by atoms with E-state index in [-0.39, 0.29) is 5.41 Å². The molecule has 0 aromatic heterocycles. The van der Waals surface area contributed by atoms with E-state index in [9.17, 15) is 0 Å². The maximum Gasteiger partial charge on any atom is 0.0477 e. The van der Waals surface area contributed by atoms with Crippen molar-refractivity contribution in [2.45, 2.75) is 13.8 Å². The Balaban J connectivity index is 2.48. The van der Waals surface area contributed by atoms with Gasteiger partial charge in [-0.25, -0.2) is 0 Å². The molecule has 3 heteroatoms. The fourth-order valence-electron chi connectivity index (χ4n) is 1.99. The minimum Gasteiger partial charge on any atom is -0.396 e. The summed E-state index contributed by atoms with van der Waals surface area (Å²) >= 11 is 0. The lowest BCUT2D eigenvalue weighted by atomic mass is 9.83. The van der Waals surface area contributed by atoms with Crippen molar-refractivity contribution in [3.63, 3.8) is 0 Å². The molecule has 0 amide bonds. The van der Waals surface area contributed by atoms with Crippen LogP contribution in [0, 0.1) is 11.3 Å². The van der Waals surface area contributed by atoms with E-state index in [0.717, 1.165) is 19.6 Å². The van der Waals surface area contributed by atoms with E-state index in [1.807, 2.05) is 0 Å². The molecule has 0 aliphatic carbocycles. The lowest BCUT2D eigenvalue weighted by Gasteiger charge is -2.23. The molecular weight excluding hydrogens is 152 g/mol. The van der Waals surface area contributed by atoms with E-state index in [2.05, 4.69) is 18.7 Å². The number of rotatable bonds is 3. The molecule has 1 rings (SSSR count). The van der Waals surface area contributed by atoms with Crippen LogP contribution in [0.2, 0.25) is 0 Å². The lowest BCUT2D eigenvalue weighted by molar-refractivity contribution is 0.161. The Bertz CT molecular complexity index is 147. The van der Waals surface area contributed by atoms with E-state index < -0.39 is 0 Å². The number of nitrogens with two attached hydrogens (primary N) is 1. The van der Waals surface area contributed by atoms with Gasteiger partial charge in [0.15, 0.2) is 0 Å². The van der Waals surface area contributed by atoms with Crippen LogP contribution in [-0.2, 0) is 0 Å². The zero-order valence-electron chi connectivity index (χ0n) is 8.08. The molecule has 1 saturated heterocycles. The molecule has 3 nitrogen and oxygen atoms in total. The smallest absolute Gasteiger partial charge is 0.0477 e. The van der Waals surface area contributed by atoms with Gasteiger partial charge in [-0.05, 0) is 5.41 Å². The highest BCUT2D eigenvalue weighted by Crippen LogP contribution is 2.34. The first-order valence-electron chi connectivity index (χ1n) is 4.63. The van der Waals surface area contributed by atoms with Crippen LogP contribution in [0.25, 0.3) is 0 Å². The quantitative estimate of drug-likeness (QED) is 0.625. The predicted octanol–water partition coefficient (Wildman–Crippen LogP) is -0.105. The molecule has 1 fully saturated rings. The number of hydrogen-bond donors (Lipinski definition) is 2. The van der Waals surface area contributed by atoms with Gasteiger partial charge in [-0.2, -0.15) is 0 Å². The summed E-state index contributed by atoms with van der Waals surface area (Å²) in [6.07, 6.45) is 0. The van der Waals surface area contributed by atoms with Gasteiger partial charge in [0.05, 0.1) is 0 Å². The van der Waals surface area contributed by atoms with Crippen LogP contribution in [0.4, 0.5) is 0 Å². The largest absolute Gasteiger partial charge is 0.396 e. The first kappa shape index (κ1) is 9.96. The summed E-state index contributed by atoms with van der Waals surface area (Å²) in [6.45, 7) is 8.47. The Morgan fingerprint density at radius 3 is 2.67 bits per heavy atom. The molecule has 1 heterocycles. The van der Waals surface area contributed by atoms with E-state index in [4.69, 9.17) is 10.8 Å². The number of aliphatic hydroxyl groups excluding tert-OH is 1. The molecule has 1 atom stereocenters. The highest BCUT2D eigenvalue weighted by atomic mass is 16.3. The van der Waals surface area contributed by atoms with Gasteiger partial charge in [-0.3, -0.25) is 0 Å². The van der Waals surface area contributed by atoms with Crippen molar-refractivity contribution in [1.29, 1.82) is 0 Å². The molecule has 1 aliphatic rings. The van der Waals surface area contributed by atoms with Crippen molar-refractivity contribution < 1.29 is 5.11 Å². The SMILES string of the molecule is CC1(C)CN(CCN)C[C@H]1CO. The van der Waals surface area contributed by atoms with Gasteiger partial charge in [0.25, 0.3) is 0 Å². The average Bonchev–Trinajstić information content (AvgIpc) is 2.25. The Labute approximate surface area is 74.5 Å². The van der Waals surface area contributed by atoms with Crippen LogP contribution in [0.1, 0.15) is 13.8 Å². The number of nitrogens with zero attached hydrogens (tertiary/aromatic N) is 1. The third kappa shape index (κ3) is 1.97. The van der Waals surface area contributed by atoms with E-state index in [1.54, 1.807) is 0 Å². The van der Waals surface area contributed by atoms with Gasteiger partial charge >= 0.3 is 0 Å². The highest BCUT2D eigenvalue weighted by Gasteiger charge is 2.38. The fraction of sp³-hybridized carbons (Fsp3) is 1.00. The van der Waals surface area contributed by atoms with E-state index in [1.165, 1.54) is 0 Å². The second kappa shape index (κ2) is 3.73. The monoisotopic (exact) mass is 172 g/mol. The Kier molecular flexibility index (Phi) is 3.09. The molecule has 1 aliphatic heterocycles. The van der Waals surface area contributed by atoms with Gasteiger partial charge in [-0.15, -0.1) is 0 Å². The highest BCUT2D eigenvalue weighted by molar-refractivity contribution is 4.90. The number of aliphatic hydroxyl groups is 1. The topological polar surface area (TPSA) is 49.5 Å². The van der Waals surface area contributed by atoms with Gasteiger partial charge in [0.2, 0.25) is 0 Å². The Morgan fingerprint density at radius 2 is 2.25 bits per heavy atom. The molecule has 3 N–H and O–H groups in total. The molecule has 72 valence electrons. The third-order valence-electron chi connectivity index (χ3n) is 2.88. The maximum absolute atomic E-state index is 9.13. The summed E-state index contributed by atoms with van der Waals surface area (Å²) in [5.41, 5.74) is 5.73. The number of likely N-dealkylation sites (tertiary alicyclic amines) is 1. The van der Waals surface area contributed by atoms with Crippen molar-refractivity contribution in [3.8, 4) is 0 Å². The van der Waals surface area contributed by atoms with E-state index in [0.29, 0.717) is 19.1 Å². The van der Waals surface area contributed by atoms with Crippen LogP contribution in [0.3, 0.4) is 0 Å². The molecule has 12 heavy (non-hydrogen) atoms. The third-order valence-corrected chi connectivity index (χ3v) is 2.88. The summed E-state index contributed by atoms with van der Waals surface area (Å²) in [5.74, 6) is 0.420. The molecule has 0 unspecified atom stereocenters. The molecule has 0 aromatic carbocycles. The molecule has 0 aromatic rings. The summed E-state index contributed by atoms with van der Waals surface area (Å²) in [7, 11) is 0. The predicted molar refractivity (Wildman–Crippen MR) is 49.9 cm³/mol. The molecule has 0 saturated carbocycles. The second-order valence-corrected chi connectivity index (χ2v) is 4.39. The zero-order chi connectivity index (χ0) is 9.19. The van der Waals surface area contributed by atoms with Gasteiger partial charge in [0.1, 0.15) is 0 Å². The van der Waals surface area contributed by atoms with Crippen LogP contribution in [0.15, 0.2) is 0 Å². The Morgan fingerprint density at radius 1 is 1.58 bits per heavy atom. The van der Waals surface area contributed by atoms with Crippen LogP contribution < -0.4 is 5.73 Å². The normalized spacial score (nSPS) is 29.5. The van der Waals surface area contributed by atoms with Crippen molar-refractivity contribution >= 4 is 0 Å². The standard InChI is InChI=1S/C9H20N2O/c1-9(2)7-11(4-3-10)5-8(9)6-12/h8,12H,3-7,10H2,1-2H3/t8-/m0/s1. The first-order valence-corrected chi connectivity index (χ1v) is 4.63. The van der Waals surface area contributed by atoms with Gasteiger partial charge < -0.3 is 15.7 Å². The fourth-order valence-corrected chi connectivity index (χ4v) is 1.99. The van der Waals surface area contributed by atoms with Crippen molar-refractivity contribution in [1.82, 2.24) is 4.90 Å². The van der Waals surface area contributed by atoms with Crippen LogP contribution in [0.5, 0.6) is 0 Å². The molecular formula is C9H20N2O. The average molecular weight is 172 g/mol. The van der Waals surface area contributed by atoms with Crippen LogP contribution >= 0.6 is 0 Å². The number of hydrogen-bond acceptors (Lipinski definition) is 3. The molecule has 0 spiro atoms. The zero-order valence-corrected chi connectivity index (χ0v) is 8.08. The molecule has 0 radical (unpaired) electrons. The minimum atomic E-state index is 0.254. The van der Waals surface area contributed by atoms with Crippen molar-refractivity contribution in [2.75, 3.05) is 32.8 Å². The summed E-state index contributed by atoms with van der Waals surface area (Å²) < 4.78 is 0. The first-order chi connectivity index (χ1) is 5.60. The molecule has 0 bridgehead atoms. The summed E-state index contributed by atoms with van der Waals surface area (Å²) in [4.78, 5) is 2.33. The summed E-state index contributed by atoms with van der Waals surface area (Å²) in [5, 5.41) is 9.13. The van der Waals surface area contributed by atoms with Crippen molar-refractivity contribution in [2.24, 2.45) is 17.1 Å².